The number of aryl methyl sites for hydroxylation is 1. The van der Waals surface area contributed by atoms with E-state index in [2.05, 4.69) is 4.90 Å². The van der Waals surface area contributed by atoms with Crippen LogP contribution in [0.1, 0.15) is 37.6 Å². The minimum atomic E-state index is -0.501. The van der Waals surface area contributed by atoms with Crippen LogP contribution in [0.15, 0.2) is 21.9 Å². The lowest BCUT2D eigenvalue weighted by Crippen LogP contribution is -2.48. The van der Waals surface area contributed by atoms with E-state index in [-0.39, 0.29) is 5.97 Å². The van der Waals surface area contributed by atoms with Gasteiger partial charge in [-0.25, -0.2) is 4.98 Å². The Morgan fingerprint density at radius 2 is 2.33 bits per heavy atom. The van der Waals surface area contributed by atoms with Gasteiger partial charge in [-0.15, -0.1) is 11.3 Å². The molecule has 0 radical (unpaired) electrons. The van der Waals surface area contributed by atoms with Crippen LogP contribution in [-0.2, 0) is 20.8 Å². The van der Waals surface area contributed by atoms with Crippen molar-refractivity contribution >= 4 is 17.3 Å². The van der Waals surface area contributed by atoms with Gasteiger partial charge in [0.15, 0.2) is 0 Å². The van der Waals surface area contributed by atoms with E-state index in [0.717, 1.165) is 35.7 Å². The largest absolute Gasteiger partial charge is 0.466 e. The smallest absolute Gasteiger partial charge is 0.313 e. The lowest BCUT2D eigenvalue weighted by Gasteiger charge is -2.40. The first-order valence-corrected chi connectivity index (χ1v) is 10.3. The minimum absolute atomic E-state index is 0.108. The second-order valence-electron chi connectivity index (χ2n) is 7.06. The van der Waals surface area contributed by atoms with Crippen molar-refractivity contribution in [3.05, 3.63) is 29.0 Å². The molecule has 0 unspecified atom stereocenters. The molecule has 3 rings (SSSR count). The minimum Gasteiger partial charge on any atom is -0.466 e. The summed E-state index contributed by atoms with van der Waals surface area (Å²) in [5.74, 6) is 1.40. The van der Waals surface area contributed by atoms with Gasteiger partial charge < -0.3 is 13.9 Å². The van der Waals surface area contributed by atoms with Gasteiger partial charge in [0.25, 0.3) is 0 Å². The van der Waals surface area contributed by atoms with E-state index < -0.39 is 5.41 Å². The molecule has 7 heteroatoms. The first-order valence-electron chi connectivity index (χ1n) is 9.46. The van der Waals surface area contributed by atoms with Gasteiger partial charge in [0.2, 0.25) is 5.89 Å². The molecule has 0 amide bonds. The maximum Gasteiger partial charge on any atom is 0.313 e. The van der Waals surface area contributed by atoms with Gasteiger partial charge in [-0.2, -0.15) is 0 Å². The molecule has 3 heterocycles. The SMILES string of the molecule is CCOC(=O)[C@]1(CCOC)CCCN(Cc2nc(-c3cccs3)oc2C)C1. The molecule has 0 N–H and O–H groups in total. The Bertz CT molecular complexity index is 743. The number of aromatic nitrogens is 1. The molecule has 0 bridgehead atoms. The highest BCUT2D eigenvalue weighted by Crippen LogP contribution is 2.36. The number of esters is 1. The zero-order valence-electron chi connectivity index (χ0n) is 16.3. The maximum atomic E-state index is 12.7. The third kappa shape index (κ3) is 4.59. The number of piperidine rings is 1. The second kappa shape index (κ2) is 8.99. The fourth-order valence-corrected chi connectivity index (χ4v) is 4.36. The summed E-state index contributed by atoms with van der Waals surface area (Å²) in [6.07, 6.45) is 2.47. The summed E-state index contributed by atoms with van der Waals surface area (Å²) < 4.78 is 16.5. The molecule has 0 spiro atoms. The monoisotopic (exact) mass is 392 g/mol. The number of oxazole rings is 1. The molecule has 1 aliphatic rings. The van der Waals surface area contributed by atoms with Crippen molar-refractivity contribution in [2.45, 2.75) is 39.7 Å². The summed E-state index contributed by atoms with van der Waals surface area (Å²) in [7, 11) is 1.67. The van der Waals surface area contributed by atoms with Crippen molar-refractivity contribution in [1.29, 1.82) is 0 Å². The molecule has 6 nitrogen and oxygen atoms in total. The van der Waals surface area contributed by atoms with Crippen molar-refractivity contribution in [1.82, 2.24) is 9.88 Å². The number of carbonyl (C=O) groups is 1. The molecule has 1 fully saturated rings. The summed E-state index contributed by atoms with van der Waals surface area (Å²) in [6, 6.07) is 4.00. The quantitative estimate of drug-likeness (QED) is 0.635. The molecule has 27 heavy (non-hydrogen) atoms. The molecule has 1 aliphatic heterocycles. The molecule has 1 atom stereocenters. The third-order valence-electron chi connectivity index (χ3n) is 5.15. The molecule has 0 saturated carbocycles. The van der Waals surface area contributed by atoms with Crippen LogP contribution < -0.4 is 0 Å². The Hall–Kier alpha value is -1.70. The molecule has 148 valence electrons. The van der Waals surface area contributed by atoms with Crippen LogP contribution in [0, 0.1) is 12.3 Å². The summed E-state index contributed by atoms with van der Waals surface area (Å²) in [5, 5.41) is 2.02. The lowest BCUT2D eigenvalue weighted by atomic mass is 9.77. The number of carbonyl (C=O) groups excluding carboxylic acids is 1. The van der Waals surface area contributed by atoms with Gasteiger partial charge in [-0.05, 0) is 51.1 Å². The molecular formula is C20H28N2O4S. The first kappa shape index (κ1) is 20.0. The lowest BCUT2D eigenvalue weighted by molar-refractivity contribution is -0.160. The zero-order chi connectivity index (χ0) is 19.3. The van der Waals surface area contributed by atoms with E-state index in [4.69, 9.17) is 18.9 Å². The number of methoxy groups -OCH3 is 1. The normalized spacial score (nSPS) is 20.7. The van der Waals surface area contributed by atoms with E-state index in [1.807, 2.05) is 31.4 Å². The number of thiophene rings is 1. The molecule has 0 aromatic carbocycles. The Morgan fingerprint density at radius 3 is 3.04 bits per heavy atom. The van der Waals surface area contributed by atoms with Gasteiger partial charge in [0.05, 0.1) is 22.6 Å². The Labute approximate surface area is 164 Å². The number of rotatable bonds is 8. The van der Waals surface area contributed by atoms with Crippen LogP contribution in [0.4, 0.5) is 0 Å². The highest BCUT2D eigenvalue weighted by Gasteiger charge is 2.43. The summed E-state index contributed by atoms with van der Waals surface area (Å²) in [5.41, 5.74) is 0.434. The van der Waals surface area contributed by atoms with Crippen LogP contribution in [0.2, 0.25) is 0 Å². The highest BCUT2D eigenvalue weighted by molar-refractivity contribution is 7.13. The van der Waals surface area contributed by atoms with Crippen molar-refractivity contribution in [2.75, 3.05) is 33.4 Å². The van der Waals surface area contributed by atoms with E-state index in [1.54, 1.807) is 18.4 Å². The van der Waals surface area contributed by atoms with Crippen LogP contribution >= 0.6 is 11.3 Å². The van der Waals surface area contributed by atoms with Crippen molar-refractivity contribution in [2.24, 2.45) is 5.41 Å². The Balaban J connectivity index is 1.74. The third-order valence-corrected chi connectivity index (χ3v) is 6.00. The van der Waals surface area contributed by atoms with E-state index in [1.165, 1.54) is 0 Å². The predicted octanol–water partition coefficient (Wildman–Crippen LogP) is 3.89. The van der Waals surface area contributed by atoms with Gasteiger partial charge in [-0.3, -0.25) is 9.69 Å². The van der Waals surface area contributed by atoms with Gasteiger partial charge >= 0.3 is 5.97 Å². The van der Waals surface area contributed by atoms with Crippen LogP contribution in [0.25, 0.3) is 10.8 Å². The predicted molar refractivity (Wildman–Crippen MR) is 105 cm³/mol. The Kier molecular flexibility index (Phi) is 6.68. The van der Waals surface area contributed by atoms with Gasteiger partial charge in [0, 0.05) is 26.8 Å². The van der Waals surface area contributed by atoms with Crippen LogP contribution in [-0.4, -0.2) is 49.3 Å². The van der Waals surface area contributed by atoms with E-state index in [0.29, 0.717) is 38.6 Å². The first-order chi connectivity index (χ1) is 13.1. The average molecular weight is 393 g/mol. The number of hydrogen-bond acceptors (Lipinski definition) is 7. The topological polar surface area (TPSA) is 64.8 Å². The van der Waals surface area contributed by atoms with Gasteiger partial charge in [0.1, 0.15) is 5.76 Å². The summed E-state index contributed by atoms with van der Waals surface area (Å²) in [6.45, 7) is 7.04. The number of hydrogen-bond donors (Lipinski definition) is 0. The molecule has 2 aromatic heterocycles. The zero-order valence-corrected chi connectivity index (χ0v) is 17.1. The Morgan fingerprint density at radius 1 is 1.48 bits per heavy atom. The molecule has 2 aromatic rings. The summed E-state index contributed by atoms with van der Waals surface area (Å²) >= 11 is 1.62. The number of nitrogens with zero attached hydrogens (tertiary/aromatic N) is 2. The fourth-order valence-electron chi connectivity index (χ4n) is 3.71. The molecular weight excluding hydrogens is 364 g/mol. The molecule has 1 saturated heterocycles. The standard InChI is InChI=1S/C20H28N2O4S/c1-4-25-19(23)20(9-11-24-3)8-6-10-22(14-20)13-16-15(2)26-18(21-16)17-7-5-12-27-17/h5,7,12H,4,6,8-11,13-14H2,1-3H3/t20-/m0/s1. The van der Waals surface area contributed by atoms with Crippen molar-refractivity contribution in [3.63, 3.8) is 0 Å². The van der Waals surface area contributed by atoms with E-state index >= 15 is 0 Å². The molecule has 0 aliphatic carbocycles. The van der Waals surface area contributed by atoms with Crippen molar-refractivity contribution < 1.29 is 18.7 Å². The second-order valence-corrected chi connectivity index (χ2v) is 8.00. The van der Waals surface area contributed by atoms with Crippen LogP contribution in [0.5, 0.6) is 0 Å². The number of likely N-dealkylation sites (tertiary alicyclic amines) is 1. The van der Waals surface area contributed by atoms with E-state index in [9.17, 15) is 4.79 Å². The highest BCUT2D eigenvalue weighted by atomic mass is 32.1. The number of ether oxygens (including phenoxy) is 2. The fraction of sp³-hybridized carbons (Fsp3) is 0.600. The van der Waals surface area contributed by atoms with Crippen LogP contribution in [0.3, 0.4) is 0 Å². The van der Waals surface area contributed by atoms with Gasteiger partial charge in [-0.1, -0.05) is 6.07 Å². The maximum absolute atomic E-state index is 12.7. The van der Waals surface area contributed by atoms with Crippen molar-refractivity contribution in [3.8, 4) is 10.8 Å². The summed E-state index contributed by atoms with van der Waals surface area (Å²) in [4.78, 5) is 20.7. The average Bonchev–Trinajstić information content (AvgIpc) is 3.31.